The molecular weight excluding hydrogens is 370 g/mol. The highest BCUT2D eigenvalue weighted by Gasteiger charge is 2.48. The Bertz CT molecular complexity index is 972. The Balaban J connectivity index is 1.73. The van der Waals surface area contributed by atoms with Gasteiger partial charge in [0.15, 0.2) is 0 Å². The molecule has 2 aromatic carbocycles. The highest BCUT2D eigenvalue weighted by atomic mass is 16.5. The molecule has 1 fully saturated rings. The summed E-state index contributed by atoms with van der Waals surface area (Å²) < 4.78 is 5.34. The van der Waals surface area contributed by atoms with Crippen LogP contribution in [0.1, 0.15) is 23.6 Å². The number of nitrogens with one attached hydrogen (secondary N) is 2. The first-order chi connectivity index (χ1) is 13.7. The lowest BCUT2D eigenvalue weighted by atomic mass is 9.92. The topological polar surface area (TPSA) is 87.7 Å². The molecule has 0 aliphatic carbocycles. The predicted octanol–water partition coefficient (Wildman–Crippen LogP) is 2.80. The largest absolute Gasteiger partial charge is 0.496 e. The maximum absolute atomic E-state index is 13.0. The number of aryl methyl sites for hydroxylation is 2. The molecule has 0 aromatic heterocycles. The monoisotopic (exact) mass is 395 g/mol. The maximum Gasteiger partial charge on any atom is 0.325 e. The Morgan fingerprint density at radius 1 is 1.17 bits per heavy atom. The van der Waals surface area contributed by atoms with Crippen LogP contribution in [0.5, 0.6) is 5.75 Å². The minimum absolute atomic E-state index is 0.261. The Morgan fingerprint density at radius 3 is 2.62 bits per heavy atom. The Morgan fingerprint density at radius 2 is 1.90 bits per heavy atom. The standard InChI is InChI=1S/C22H25N3O4/c1-14-9-10-15(2)17(11-14)23-19(26)13-25-20(27)22(3,24-21(25)28)12-16-7-5-6-8-18(16)29-4/h5-11H,12-13H2,1-4H3,(H,23,26)(H,24,28)/t22-/m1/s1. The van der Waals surface area contributed by atoms with Crippen molar-refractivity contribution in [1.82, 2.24) is 10.2 Å². The second-order valence-corrected chi connectivity index (χ2v) is 7.51. The van der Waals surface area contributed by atoms with Crippen molar-refractivity contribution in [3.05, 3.63) is 59.2 Å². The molecule has 3 rings (SSSR count). The lowest BCUT2D eigenvalue weighted by molar-refractivity contribution is -0.133. The molecule has 1 saturated heterocycles. The molecule has 7 heteroatoms. The molecule has 29 heavy (non-hydrogen) atoms. The van der Waals surface area contributed by atoms with Crippen molar-refractivity contribution < 1.29 is 19.1 Å². The number of anilines is 1. The number of methoxy groups -OCH3 is 1. The van der Waals surface area contributed by atoms with E-state index in [4.69, 9.17) is 4.74 Å². The number of amides is 4. The zero-order chi connectivity index (χ0) is 21.2. The van der Waals surface area contributed by atoms with Crippen molar-refractivity contribution >= 4 is 23.5 Å². The van der Waals surface area contributed by atoms with Crippen LogP contribution in [0.25, 0.3) is 0 Å². The van der Waals surface area contributed by atoms with E-state index in [1.54, 1.807) is 20.1 Å². The molecule has 4 amide bonds. The third kappa shape index (κ3) is 4.23. The third-order valence-corrected chi connectivity index (χ3v) is 5.05. The quantitative estimate of drug-likeness (QED) is 0.737. The van der Waals surface area contributed by atoms with Gasteiger partial charge in [0, 0.05) is 12.1 Å². The van der Waals surface area contributed by atoms with Gasteiger partial charge in [-0.05, 0) is 49.6 Å². The van der Waals surface area contributed by atoms with E-state index in [9.17, 15) is 14.4 Å². The molecule has 1 atom stereocenters. The number of carbonyl (C=O) groups is 3. The van der Waals surface area contributed by atoms with Crippen molar-refractivity contribution in [2.45, 2.75) is 32.7 Å². The van der Waals surface area contributed by atoms with Crippen LogP contribution in [0, 0.1) is 13.8 Å². The predicted molar refractivity (Wildman–Crippen MR) is 110 cm³/mol. The molecule has 0 spiro atoms. The average Bonchev–Trinajstić information content (AvgIpc) is 2.88. The van der Waals surface area contributed by atoms with Crippen molar-refractivity contribution in [3.8, 4) is 5.75 Å². The second kappa shape index (κ2) is 7.95. The zero-order valence-electron chi connectivity index (χ0n) is 17.0. The first-order valence-corrected chi connectivity index (χ1v) is 9.36. The highest BCUT2D eigenvalue weighted by molar-refractivity contribution is 6.10. The number of carbonyl (C=O) groups excluding carboxylic acids is 3. The van der Waals surface area contributed by atoms with Gasteiger partial charge < -0.3 is 15.4 Å². The van der Waals surface area contributed by atoms with Crippen LogP contribution in [0.15, 0.2) is 42.5 Å². The summed E-state index contributed by atoms with van der Waals surface area (Å²) >= 11 is 0. The van der Waals surface area contributed by atoms with Crippen molar-refractivity contribution in [2.75, 3.05) is 19.0 Å². The number of hydrogen-bond acceptors (Lipinski definition) is 4. The van der Waals surface area contributed by atoms with Crippen molar-refractivity contribution in [2.24, 2.45) is 0 Å². The van der Waals surface area contributed by atoms with Gasteiger partial charge in [0.25, 0.3) is 5.91 Å². The minimum Gasteiger partial charge on any atom is -0.496 e. The molecule has 152 valence electrons. The minimum atomic E-state index is -1.15. The van der Waals surface area contributed by atoms with Gasteiger partial charge in [-0.15, -0.1) is 0 Å². The van der Waals surface area contributed by atoms with Gasteiger partial charge in [0.2, 0.25) is 5.91 Å². The summed E-state index contributed by atoms with van der Waals surface area (Å²) in [5.74, 6) is -0.227. The lowest BCUT2D eigenvalue weighted by Gasteiger charge is -2.22. The van der Waals surface area contributed by atoms with Crippen molar-refractivity contribution in [3.63, 3.8) is 0 Å². The summed E-state index contributed by atoms with van der Waals surface area (Å²) in [6, 6.07) is 12.5. The average molecular weight is 395 g/mol. The fourth-order valence-corrected chi connectivity index (χ4v) is 3.44. The van der Waals surface area contributed by atoms with Gasteiger partial charge in [-0.2, -0.15) is 0 Å². The summed E-state index contributed by atoms with van der Waals surface area (Å²) in [4.78, 5) is 38.9. The van der Waals surface area contributed by atoms with E-state index >= 15 is 0 Å². The molecule has 7 nitrogen and oxygen atoms in total. The number of rotatable bonds is 6. The molecule has 0 bridgehead atoms. The number of imide groups is 1. The van der Waals surface area contributed by atoms with E-state index in [-0.39, 0.29) is 13.0 Å². The van der Waals surface area contributed by atoms with Crippen LogP contribution in [0.3, 0.4) is 0 Å². The molecule has 0 radical (unpaired) electrons. The fourth-order valence-electron chi connectivity index (χ4n) is 3.44. The summed E-state index contributed by atoms with van der Waals surface area (Å²) in [7, 11) is 1.56. The molecule has 0 saturated carbocycles. The summed E-state index contributed by atoms with van der Waals surface area (Å²) in [6.07, 6.45) is 0.261. The second-order valence-electron chi connectivity index (χ2n) is 7.51. The summed E-state index contributed by atoms with van der Waals surface area (Å²) in [5.41, 5.74) is 2.23. The molecule has 1 aliphatic heterocycles. The van der Waals surface area contributed by atoms with Crippen molar-refractivity contribution in [1.29, 1.82) is 0 Å². The van der Waals surface area contributed by atoms with E-state index in [0.29, 0.717) is 11.4 Å². The van der Waals surface area contributed by atoms with Crippen LogP contribution in [-0.2, 0) is 16.0 Å². The molecule has 0 unspecified atom stereocenters. The van der Waals surface area contributed by atoms with E-state index < -0.39 is 23.4 Å². The molecule has 2 N–H and O–H groups in total. The van der Waals surface area contributed by atoms with Gasteiger partial charge in [0.1, 0.15) is 17.8 Å². The first kappa shape index (κ1) is 20.4. The van der Waals surface area contributed by atoms with E-state index in [0.717, 1.165) is 21.6 Å². The third-order valence-electron chi connectivity index (χ3n) is 5.05. The number of ether oxygens (including phenoxy) is 1. The Hall–Kier alpha value is -3.35. The Kier molecular flexibility index (Phi) is 5.59. The summed E-state index contributed by atoms with van der Waals surface area (Å²) in [6.45, 7) is 5.12. The van der Waals surface area contributed by atoms with E-state index in [2.05, 4.69) is 10.6 Å². The number of hydrogen-bond donors (Lipinski definition) is 2. The molecule has 1 heterocycles. The molecular formula is C22H25N3O4. The SMILES string of the molecule is COc1ccccc1C[C@@]1(C)NC(=O)N(CC(=O)Nc2cc(C)ccc2C)C1=O. The lowest BCUT2D eigenvalue weighted by Crippen LogP contribution is -2.46. The van der Waals surface area contributed by atoms with Gasteiger partial charge in [0.05, 0.1) is 7.11 Å². The maximum atomic E-state index is 13.0. The fraction of sp³-hybridized carbons (Fsp3) is 0.318. The number of nitrogens with zero attached hydrogens (tertiary/aromatic N) is 1. The van der Waals surface area contributed by atoms with Crippen LogP contribution in [-0.4, -0.2) is 41.9 Å². The molecule has 2 aromatic rings. The number of benzene rings is 2. The smallest absolute Gasteiger partial charge is 0.325 e. The number of urea groups is 1. The van der Waals surface area contributed by atoms with Crippen LogP contribution in [0.2, 0.25) is 0 Å². The van der Waals surface area contributed by atoms with Gasteiger partial charge >= 0.3 is 6.03 Å². The number of para-hydroxylation sites is 1. The van der Waals surface area contributed by atoms with Gasteiger partial charge in [-0.25, -0.2) is 4.79 Å². The van der Waals surface area contributed by atoms with E-state index in [1.807, 2.05) is 50.2 Å². The van der Waals surface area contributed by atoms with Crippen LogP contribution in [0.4, 0.5) is 10.5 Å². The molecule has 1 aliphatic rings. The van der Waals surface area contributed by atoms with Gasteiger partial charge in [-0.1, -0.05) is 30.3 Å². The summed E-state index contributed by atoms with van der Waals surface area (Å²) in [5, 5.41) is 5.50. The normalized spacial score (nSPS) is 18.6. The van der Waals surface area contributed by atoms with E-state index in [1.165, 1.54) is 0 Å². The highest BCUT2D eigenvalue weighted by Crippen LogP contribution is 2.27. The first-order valence-electron chi connectivity index (χ1n) is 9.36. The zero-order valence-corrected chi connectivity index (χ0v) is 17.0. The van der Waals surface area contributed by atoms with Crippen LogP contribution >= 0.6 is 0 Å². The Labute approximate surface area is 170 Å². The van der Waals surface area contributed by atoms with Crippen LogP contribution < -0.4 is 15.4 Å². The van der Waals surface area contributed by atoms with Gasteiger partial charge in [-0.3, -0.25) is 14.5 Å².